The molecule has 1 amide bonds. The summed E-state index contributed by atoms with van der Waals surface area (Å²) in [7, 11) is 0. The molecule has 1 atom stereocenters. The summed E-state index contributed by atoms with van der Waals surface area (Å²) < 4.78 is 11.9. The molecule has 10 heteroatoms. The van der Waals surface area contributed by atoms with Gasteiger partial charge in [0.05, 0.1) is 12.5 Å². The number of carbonyl (C=O) groups is 2. The molecule has 36 heavy (non-hydrogen) atoms. The van der Waals surface area contributed by atoms with Gasteiger partial charge in [0, 0.05) is 38.6 Å². The molecule has 0 radical (unpaired) electrons. The molecule has 2 N–H and O–H groups in total. The number of nitrogens with one attached hydrogen (secondary N) is 1. The van der Waals surface area contributed by atoms with Gasteiger partial charge in [0.2, 0.25) is 0 Å². The second-order valence-corrected chi connectivity index (χ2v) is 9.73. The van der Waals surface area contributed by atoms with E-state index in [9.17, 15) is 9.59 Å². The first-order valence-electron chi connectivity index (χ1n) is 11.0. The predicted molar refractivity (Wildman–Crippen MR) is 141 cm³/mol. The first kappa shape index (κ1) is 25.9. The van der Waals surface area contributed by atoms with E-state index >= 15 is 0 Å². The third-order valence-corrected chi connectivity index (χ3v) is 6.96. The number of amidine groups is 1. The number of amides is 1. The standard InChI is InChI=1S/C26H22Cl2N2O5S/c27-22-7-3-1-5-16(22)13-34-20-9-18(25(33)30-26-29-19(15-36-26)11-24(31)32)10-21(12-20)35-14-17-6-2-4-8-23(17)28/h1-10,12,19H,11,13-15H2,(H,31,32)(H,29,30,33). The van der Waals surface area contributed by atoms with E-state index in [2.05, 4.69) is 10.3 Å². The number of carboxylic acids is 1. The molecule has 0 saturated heterocycles. The van der Waals surface area contributed by atoms with Crippen molar-refractivity contribution in [1.82, 2.24) is 5.32 Å². The molecule has 3 aromatic rings. The zero-order valence-corrected chi connectivity index (χ0v) is 21.3. The molecular weight excluding hydrogens is 523 g/mol. The summed E-state index contributed by atoms with van der Waals surface area (Å²) in [5, 5.41) is 13.3. The third kappa shape index (κ3) is 7.16. The Morgan fingerprint density at radius 3 is 2.03 bits per heavy atom. The van der Waals surface area contributed by atoms with E-state index in [1.165, 1.54) is 11.8 Å². The molecule has 7 nitrogen and oxygen atoms in total. The van der Waals surface area contributed by atoms with Crippen molar-refractivity contribution in [1.29, 1.82) is 0 Å². The summed E-state index contributed by atoms with van der Waals surface area (Å²) in [5.74, 6) is -0.0126. The van der Waals surface area contributed by atoms with E-state index in [-0.39, 0.29) is 25.7 Å². The maximum Gasteiger partial charge on any atom is 0.305 e. The van der Waals surface area contributed by atoms with Crippen molar-refractivity contribution < 1.29 is 24.2 Å². The van der Waals surface area contributed by atoms with Gasteiger partial charge in [-0.1, -0.05) is 71.4 Å². The van der Waals surface area contributed by atoms with Gasteiger partial charge in [0.1, 0.15) is 24.7 Å². The molecule has 0 fully saturated rings. The highest BCUT2D eigenvalue weighted by Crippen LogP contribution is 2.27. The number of carboxylic acid groups (broad SMARTS) is 1. The Kier molecular flexibility index (Phi) is 8.74. The van der Waals surface area contributed by atoms with Gasteiger partial charge in [-0.25, -0.2) is 0 Å². The molecule has 0 spiro atoms. The van der Waals surface area contributed by atoms with Crippen LogP contribution in [-0.4, -0.2) is 33.9 Å². The van der Waals surface area contributed by atoms with E-state index in [4.69, 9.17) is 37.8 Å². The fourth-order valence-corrected chi connectivity index (χ4v) is 4.69. The second-order valence-electron chi connectivity index (χ2n) is 7.90. The van der Waals surface area contributed by atoms with Crippen LogP contribution in [0.2, 0.25) is 10.0 Å². The molecule has 3 aromatic carbocycles. The zero-order chi connectivity index (χ0) is 25.5. The molecular formula is C26H22Cl2N2O5S. The van der Waals surface area contributed by atoms with E-state index in [1.807, 2.05) is 36.4 Å². The summed E-state index contributed by atoms with van der Waals surface area (Å²) in [4.78, 5) is 28.2. The van der Waals surface area contributed by atoms with Gasteiger partial charge in [-0.3, -0.25) is 14.6 Å². The first-order valence-corrected chi connectivity index (χ1v) is 12.7. The van der Waals surface area contributed by atoms with E-state index in [0.29, 0.717) is 38.0 Å². The summed E-state index contributed by atoms with van der Waals surface area (Å²) in [5.41, 5.74) is 1.90. The summed E-state index contributed by atoms with van der Waals surface area (Å²) in [6.07, 6.45) is -0.0855. The van der Waals surface area contributed by atoms with Crippen LogP contribution in [0.5, 0.6) is 11.5 Å². The smallest absolute Gasteiger partial charge is 0.305 e. The topological polar surface area (TPSA) is 97.2 Å². The van der Waals surface area contributed by atoms with Crippen molar-refractivity contribution in [2.24, 2.45) is 4.99 Å². The second kappa shape index (κ2) is 12.2. The minimum Gasteiger partial charge on any atom is -0.489 e. The molecule has 0 aliphatic carbocycles. The number of thioether (sulfide) groups is 1. The molecule has 4 rings (SSSR count). The van der Waals surface area contributed by atoms with Crippen LogP contribution in [-0.2, 0) is 18.0 Å². The lowest BCUT2D eigenvalue weighted by molar-refractivity contribution is -0.137. The Bertz CT molecular complexity index is 1230. The Labute approximate surface area is 222 Å². The van der Waals surface area contributed by atoms with Gasteiger partial charge in [-0.05, 0) is 24.3 Å². The SMILES string of the molecule is O=C(O)CC1CSC(NC(=O)c2cc(OCc3ccccc3Cl)cc(OCc3ccccc3Cl)c2)=N1. The minimum atomic E-state index is -0.930. The number of hydrogen-bond acceptors (Lipinski definition) is 6. The van der Waals surface area contributed by atoms with Crippen molar-refractivity contribution in [2.45, 2.75) is 25.7 Å². The van der Waals surface area contributed by atoms with Gasteiger partial charge in [-0.2, -0.15) is 0 Å². The number of halogens is 2. The molecule has 1 unspecified atom stereocenters. The molecule has 1 aliphatic heterocycles. The highest BCUT2D eigenvalue weighted by atomic mass is 35.5. The van der Waals surface area contributed by atoms with Gasteiger partial charge < -0.3 is 19.9 Å². The van der Waals surface area contributed by atoms with E-state index < -0.39 is 11.9 Å². The van der Waals surface area contributed by atoms with Crippen LogP contribution >= 0.6 is 35.0 Å². The van der Waals surface area contributed by atoms with Crippen LogP contribution in [0.15, 0.2) is 71.7 Å². The van der Waals surface area contributed by atoms with E-state index in [1.54, 1.807) is 30.3 Å². The van der Waals surface area contributed by atoms with Crippen LogP contribution in [0.1, 0.15) is 27.9 Å². The number of aliphatic carboxylic acids is 1. The Balaban J connectivity index is 1.52. The zero-order valence-electron chi connectivity index (χ0n) is 18.9. The summed E-state index contributed by atoms with van der Waals surface area (Å²) >= 11 is 13.8. The number of carbonyl (C=O) groups excluding carboxylic acids is 1. The Morgan fingerprint density at radius 2 is 1.50 bits per heavy atom. The lowest BCUT2D eigenvalue weighted by Crippen LogP contribution is -2.27. The maximum atomic E-state index is 13.0. The lowest BCUT2D eigenvalue weighted by atomic mass is 10.2. The summed E-state index contributed by atoms with van der Waals surface area (Å²) in [6.45, 7) is 0.405. The normalized spacial score (nSPS) is 14.7. The predicted octanol–water partition coefficient (Wildman–Crippen LogP) is 5.83. The highest BCUT2D eigenvalue weighted by Gasteiger charge is 2.23. The van der Waals surface area contributed by atoms with Crippen molar-refractivity contribution in [3.05, 3.63) is 93.5 Å². The quantitative estimate of drug-likeness (QED) is 0.352. The van der Waals surface area contributed by atoms with Crippen LogP contribution in [0.4, 0.5) is 0 Å². The molecule has 0 bridgehead atoms. The van der Waals surface area contributed by atoms with Crippen LogP contribution in [0, 0.1) is 0 Å². The summed E-state index contributed by atoms with van der Waals surface area (Å²) in [6, 6.07) is 19.2. The average molecular weight is 545 g/mol. The number of rotatable bonds is 9. The number of benzene rings is 3. The minimum absolute atomic E-state index is 0.0855. The van der Waals surface area contributed by atoms with Crippen LogP contribution < -0.4 is 14.8 Å². The average Bonchev–Trinajstić information content (AvgIpc) is 3.28. The van der Waals surface area contributed by atoms with Gasteiger partial charge in [-0.15, -0.1) is 0 Å². The third-order valence-electron chi connectivity index (χ3n) is 5.19. The van der Waals surface area contributed by atoms with Gasteiger partial charge in [0.15, 0.2) is 5.17 Å². The van der Waals surface area contributed by atoms with Crippen LogP contribution in [0.3, 0.4) is 0 Å². The molecule has 1 aliphatic rings. The van der Waals surface area contributed by atoms with Crippen molar-refractivity contribution >= 4 is 52.0 Å². The largest absolute Gasteiger partial charge is 0.489 e. The first-order chi connectivity index (χ1) is 17.4. The van der Waals surface area contributed by atoms with Gasteiger partial charge >= 0.3 is 5.97 Å². The molecule has 1 heterocycles. The van der Waals surface area contributed by atoms with E-state index in [0.717, 1.165) is 11.1 Å². The highest BCUT2D eigenvalue weighted by molar-refractivity contribution is 8.14. The molecule has 0 saturated carbocycles. The molecule has 0 aromatic heterocycles. The number of aliphatic imine (C=N–C) groups is 1. The number of ether oxygens (including phenoxy) is 2. The fraction of sp³-hybridized carbons (Fsp3) is 0.192. The number of hydrogen-bond donors (Lipinski definition) is 2. The fourth-order valence-electron chi connectivity index (χ4n) is 3.38. The number of nitrogens with zero attached hydrogens (tertiary/aromatic N) is 1. The van der Waals surface area contributed by atoms with Crippen molar-refractivity contribution in [3.8, 4) is 11.5 Å². The molecule has 186 valence electrons. The van der Waals surface area contributed by atoms with Crippen molar-refractivity contribution in [2.75, 3.05) is 5.75 Å². The monoisotopic (exact) mass is 544 g/mol. The van der Waals surface area contributed by atoms with Crippen molar-refractivity contribution in [3.63, 3.8) is 0 Å². The van der Waals surface area contributed by atoms with Crippen LogP contribution in [0.25, 0.3) is 0 Å². The van der Waals surface area contributed by atoms with Gasteiger partial charge in [0.25, 0.3) is 5.91 Å². The Morgan fingerprint density at radius 1 is 0.944 bits per heavy atom. The maximum absolute atomic E-state index is 13.0. The lowest BCUT2D eigenvalue weighted by Gasteiger charge is -2.13. The Hall–Kier alpha value is -3.20.